The van der Waals surface area contributed by atoms with Crippen LogP contribution in [0.4, 0.5) is 0 Å². The van der Waals surface area contributed by atoms with Crippen LogP contribution in [0.15, 0.2) is 23.2 Å². The number of aromatic nitrogens is 1. The molecular formula is C10H12ClNO4S. The first-order valence-electron chi connectivity index (χ1n) is 4.90. The zero-order chi connectivity index (χ0) is 12.9. The number of halogens is 1. The van der Waals surface area contributed by atoms with E-state index in [0.29, 0.717) is 25.0 Å². The van der Waals surface area contributed by atoms with Crippen molar-refractivity contribution in [2.45, 2.75) is 24.2 Å². The third kappa shape index (κ3) is 4.70. The van der Waals surface area contributed by atoms with Crippen molar-refractivity contribution in [2.24, 2.45) is 0 Å². The highest BCUT2D eigenvalue weighted by atomic mass is 35.7. The van der Waals surface area contributed by atoms with Crippen LogP contribution in [0.1, 0.15) is 18.5 Å². The lowest BCUT2D eigenvalue weighted by Crippen LogP contribution is -2.01. The van der Waals surface area contributed by atoms with Gasteiger partial charge in [-0.15, -0.1) is 0 Å². The summed E-state index contributed by atoms with van der Waals surface area (Å²) in [6, 6.07) is 2.97. The molecule has 5 nitrogen and oxygen atoms in total. The van der Waals surface area contributed by atoms with Gasteiger partial charge in [0.2, 0.25) is 0 Å². The van der Waals surface area contributed by atoms with E-state index in [1.807, 2.05) is 0 Å². The number of rotatable bonds is 5. The minimum Gasteiger partial charge on any atom is -0.469 e. The fourth-order valence-corrected chi connectivity index (χ4v) is 1.90. The molecular weight excluding hydrogens is 266 g/mol. The predicted octanol–water partition coefficient (Wildman–Crippen LogP) is 1.50. The summed E-state index contributed by atoms with van der Waals surface area (Å²) in [5.41, 5.74) is 0.706. The molecule has 0 saturated heterocycles. The normalized spacial score (nSPS) is 11.2. The summed E-state index contributed by atoms with van der Waals surface area (Å²) >= 11 is 0. The number of pyridine rings is 1. The molecule has 0 aliphatic carbocycles. The summed E-state index contributed by atoms with van der Waals surface area (Å²) in [5, 5.41) is 0. The Balaban J connectivity index is 2.55. The van der Waals surface area contributed by atoms with Crippen molar-refractivity contribution < 1.29 is 17.9 Å². The van der Waals surface area contributed by atoms with Crippen molar-refractivity contribution in [3.63, 3.8) is 0 Å². The van der Waals surface area contributed by atoms with Gasteiger partial charge in [-0.25, -0.2) is 8.42 Å². The van der Waals surface area contributed by atoms with Crippen LogP contribution in [0.5, 0.6) is 0 Å². The van der Waals surface area contributed by atoms with Gasteiger partial charge in [-0.1, -0.05) is 0 Å². The van der Waals surface area contributed by atoms with Gasteiger partial charge in [-0.2, -0.15) is 0 Å². The number of aryl methyl sites for hydroxylation is 1. The van der Waals surface area contributed by atoms with Crippen LogP contribution in [0.25, 0.3) is 0 Å². The molecule has 0 fully saturated rings. The fourth-order valence-electron chi connectivity index (χ4n) is 1.22. The standard InChI is InChI=1S/C10H12ClNO4S/c1-16-10(13)4-2-3-8-5-6-9(7-12-8)17(11,14)15/h5-7H,2-4H2,1H3. The van der Waals surface area contributed by atoms with Gasteiger partial charge in [0.05, 0.1) is 7.11 Å². The minimum atomic E-state index is -3.72. The first-order valence-corrected chi connectivity index (χ1v) is 7.21. The molecule has 0 atom stereocenters. The molecule has 0 bridgehead atoms. The van der Waals surface area contributed by atoms with Crippen molar-refractivity contribution in [3.8, 4) is 0 Å². The van der Waals surface area contributed by atoms with Crippen LogP contribution in [-0.4, -0.2) is 26.5 Å². The number of hydrogen-bond donors (Lipinski definition) is 0. The van der Waals surface area contributed by atoms with Gasteiger partial charge in [0.15, 0.2) is 0 Å². The van der Waals surface area contributed by atoms with Gasteiger partial charge in [-0.05, 0) is 25.0 Å². The molecule has 17 heavy (non-hydrogen) atoms. The van der Waals surface area contributed by atoms with Gasteiger partial charge < -0.3 is 4.74 Å². The molecule has 1 rings (SSSR count). The lowest BCUT2D eigenvalue weighted by Gasteiger charge is -2.01. The Labute approximate surface area is 104 Å². The second-order valence-electron chi connectivity index (χ2n) is 3.35. The van der Waals surface area contributed by atoms with Gasteiger partial charge in [-0.3, -0.25) is 9.78 Å². The van der Waals surface area contributed by atoms with E-state index < -0.39 is 9.05 Å². The highest BCUT2D eigenvalue weighted by Crippen LogP contribution is 2.14. The van der Waals surface area contributed by atoms with Gasteiger partial charge in [0.1, 0.15) is 4.90 Å². The zero-order valence-electron chi connectivity index (χ0n) is 9.22. The maximum Gasteiger partial charge on any atom is 0.305 e. The Bertz CT molecular complexity index is 484. The maximum absolute atomic E-state index is 11.0. The Morgan fingerprint density at radius 3 is 2.65 bits per heavy atom. The van der Waals surface area contributed by atoms with Crippen LogP contribution >= 0.6 is 10.7 Å². The van der Waals surface area contributed by atoms with Crippen molar-refractivity contribution in [3.05, 3.63) is 24.0 Å². The number of carbonyl (C=O) groups is 1. The van der Waals surface area contributed by atoms with Gasteiger partial charge >= 0.3 is 5.97 Å². The van der Waals surface area contributed by atoms with Crippen molar-refractivity contribution in [1.82, 2.24) is 4.98 Å². The van der Waals surface area contributed by atoms with Gasteiger partial charge in [0, 0.05) is 29.0 Å². The number of hydrogen-bond acceptors (Lipinski definition) is 5. The van der Waals surface area contributed by atoms with E-state index in [1.165, 1.54) is 19.4 Å². The monoisotopic (exact) mass is 277 g/mol. The Morgan fingerprint density at radius 1 is 1.47 bits per heavy atom. The van der Waals surface area contributed by atoms with Crippen LogP contribution in [0.2, 0.25) is 0 Å². The maximum atomic E-state index is 11.0. The number of carbonyl (C=O) groups excluding carboxylic acids is 1. The first-order chi connectivity index (χ1) is 7.93. The molecule has 0 radical (unpaired) electrons. The SMILES string of the molecule is COC(=O)CCCc1ccc(S(=O)(=O)Cl)cn1. The highest BCUT2D eigenvalue weighted by Gasteiger charge is 2.10. The molecule has 0 saturated carbocycles. The predicted molar refractivity (Wildman–Crippen MR) is 62.2 cm³/mol. The van der Waals surface area contributed by atoms with E-state index in [1.54, 1.807) is 6.07 Å². The Morgan fingerprint density at radius 2 is 2.18 bits per heavy atom. The Kier molecular flexibility index (Phi) is 4.89. The summed E-state index contributed by atoms with van der Waals surface area (Å²) in [6.45, 7) is 0. The molecule has 94 valence electrons. The third-order valence-electron chi connectivity index (χ3n) is 2.12. The van der Waals surface area contributed by atoms with Crippen molar-refractivity contribution >= 4 is 25.7 Å². The molecule has 0 aliphatic rings. The lowest BCUT2D eigenvalue weighted by atomic mass is 10.2. The minimum absolute atomic E-state index is 0.0316. The topological polar surface area (TPSA) is 73.3 Å². The number of ether oxygens (including phenoxy) is 1. The van der Waals surface area contributed by atoms with Crippen LogP contribution in [0.3, 0.4) is 0 Å². The molecule has 0 spiro atoms. The number of esters is 1. The average molecular weight is 278 g/mol. The summed E-state index contributed by atoms with van der Waals surface area (Å²) < 4.78 is 26.4. The van der Waals surface area contributed by atoms with E-state index >= 15 is 0 Å². The zero-order valence-corrected chi connectivity index (χ0v) is 10.8. The van der Waals surface area contributed by atoms with E-state index in [-0.39, 0.29) is 10.9 Å². The molecule has 0 aliphatic heterocycles. The second kappa shape index (κ2) is 5.97. The summed E-state index contributed by atoms with van der Waals surface area (Å²) in [5.74, 6) is -0.273. The van der Waals surface area contributed by atoms with E-state index in [9.17, 15) is 13.2 Å². The van der Waals surface area contributed by atoms with Crippen molar-refractivity contribution in [2.75, 3.05) is 7.11 Å². The molecule has 0 N–H and O–H groups in total. The van der Waals surface area contributed by atoms with Gasteiger partial charge in [0.25, 0.3) is 9.05 Å². The molecule has 0 amide bonds. The van der Waals surface area contributed by atoms with Crippen molar-refractivity contribution in [1.29, 1.82) is 0 Å². The number of nitrogens with zero attached hydrogens (tertiary/aromatic N) is 1. The molecule has 1 aromatic rings. The quantitative estimate of drug-likeness (QED) is 0.602. The summed E-state index contributed by atoms with van der Waals surface area (Å²) in [7, 11) is 2.76. The lowest BCUT2D eigenvalue weighted by molar-refractivity contribution is -0.140. The van der Waals surface area contributed by atoms with Crippen LogP contribution < -0.4 is 0 Å². The molecule has 1 aromatic heterocycles. The Hall–Kier alpha value is -1.14. The average Bonchev–Trinajstić information content (AvgIpc) is 2.28. The van der Waals surface area contributed by atoms with E-state index in [0.717, 1.165) is 0 Å². The largest absolute Gasteiger partial charge is 0.469 e. The smallest absolute Gasteiger partial charge is 0.305 e. The first kappa shape index (κ1) is 13.9. The molecule has 7 heteroatoms. The van der Waals surface area contributed by atoms with Crippen LogP contribution in [0, 0.1) is 0 Å². The van der Waals surface area contributed by atoms with E-state index in [4.69, 9.17) is 10.7 Å². The summed E-state index contributed by atoms with van der Waals surface area (Å²) in [4.78, 5) is 14.8. The van der Waals surface area contributed by atoms with Crippen LogP contribution in [-0.2, 0) is 25.0 Å². The molecule has 0 aromatic carbocycles. The molecule has 0 unspecified atom stereocenters. The third-order valence-corrected chi connectivity index (χ3v) is 3.46. The number of methoxy groups -OCH3 is 1. The fraction of sp³-hybridized carbons (Fsp3) is 0.400. The molecule has 1 heterocycles. The highest BCUT2D eigenvalue weighted by molar-refractivity contribution is 8.13. The second-order valence-corrected chi connectivity index (χ2v) is 5.92. The van der Waals surface area contributed by atoms with E-state index in [2.05, 4.69) is 9.72 Å². The summed E-state index contributed by atoms with van der Waals surface area (Å²) in [6.07, 6.45) is 2.70.